The van der Waals surface area contributed by atoms with Gasteiger partial charge in [-0.05, 0) is 39.7 Å². The van der Waals surface area contributed by atoms with E-state index in [2.05, 4.69) is 43.3 Å². The van der Waals surface area contributed by atoms with Gasteiger partial charge in [0.2, 0.25) is 0 Å². The Kier molecular flexibility index (Phi) is 4.83. The number of rotatable bonds is 4. The quantitative estimate of drug-likeness (QED) is 0.898. The molecule has 1 aliphatic heterocycles. The first kappa shape index (κ1) is 14.4. The third-order valence-corrected chi connectivity index (χ3v) is 4.14. The van der Waals surface area contributed by atoms with Gasteiger partial charge in [0.15, 0.2) is 0 Å². The van der Waals surface area contributed by atoms with Gasteiger partial charge in [0.05, 0.1) is 7.11 Å². The minimum absolute atomic E-state index is 0.263. The van der Waals surface area contributed by atoms with Gasteiger partial charge in [0.1, 0.15) is 5.75 Å². The van der Waals surface area contributed by atoms with Crippen molar-refractivity contribution in [1.29, 1.82) is 0 Å². The maximum absolute atomic E-state index is 5.45. The minimum atomic E-state index is 0.263. The van der Waals surface area contributed by atoms with E-state index in [1.54, 1.807) is 7.11 Å². The zero-order valence-corrected chi connectivity index (χ0v) is 12.5. The summed E-state index contributed by atoms with van der Waals surface area (Å²) in [6.45, 7) is 6.81. The summed E-state index contributed by atoms with van der Waals surface area (Å²) >= 11 is 0. The van der Waals surface area contributed by atoms with E-state index in [9.17, 15) is 0 Å². The first-order valence-electron chi connectivity index (χ1n) is 7.31. The molecule has 0 radical (unpaired) electrons. The van der Waals surface area contributed by atoms with Crippen LogP contribution >= 0.6 is 0 Å². The van der Waals surface area contributed by atoms with Crippen LogP contribution in [0.15, 0.2) is 24.3 Å². The van der Waals surface area contributed by atoms with Gasteiger partial charge in [-0.15, -0.1) is 0 Å². The normalized spacial score (nSPS) is 26.1. The van der Waals surface area contributed by atoms with Crippen molar-refractivity contribution in [3.8, 4) is 5.75 Å². The molecule has 0 spiro atoms. The van der Waals surface area contributed by atoms with Gasteiger partial charge in [0.25, 0.3) is 0 Å². The number of nitrogens with zero attached hydrogens (tertiary/aromatic N) is 1. The highest BCUT2D eigenvalue weighted by molar-refractivity contribution is 5.35. The second kappa shape index (κ2) is 6.40. The highest BCUT2D eigenvalue weighted by Crippen LogP contribution is 2.27. The van der Waals surface area contributed by atoms with E-state index in [1.165, 1.54) is 24.8 Å². The zero-order chi connectivity index (χ0) is 13.8. The predicted octanol–water partition coefficient (Wildman–Crippen LogP) is 3.52. The highest BCUT2D eigenvalue weighted by Gasteiger charge is 2.26. The third kappa shape index (κ3) is 3.28. The Morgan fingerprint density at radius 2 is 1.84 bits per heavy atom. The third-order valence-electron chi connectivity index (χ3n) is 4.14. The van der Waals surface area contributed by atoms with E-state index >= 15 is 0 Å². The maximum atomic E-state index is 5.45. The number of hydrogen-bond donors (Lipinski definition) is 1. The minimum Gasteiger partial charge on any atom is -0.496 e. The van der Waals surface area contributed by atoms with E-state index in [-0.39, 0.29) is 6.04 Å². The molecule has 2 rings (SSSR count). The number of ether oxygens (including phenoxy) is 1. The molecule has 1 heterocycles. The smallest absolute Gasteiger partial charge is 0.123 e. The molecule has 19 heavy (non-hydrogen) atoms. The molecule has 106 valence electrons. The van der Waals surface area contributed by atoms with E-state index in [0.29, 0.717) is 12.1 Å². The van der Waals surface area contributed by atoms with Gasteiger partial charge < -0.3 is 4.74 Å². The van der Waals surface area contributed by atoms with Crippen molar-refractivity contribution >= 4 is 0 Å². The molecule has 1 aromatic carbocycles. The van der Waals surface area contributed by atoms with Crippen LogP contribution in [0.2, 0.25) is 0 Å². The molecular formula is C16H26N2O. The summed E-state index contributed by atoms with van der Waals surface area (Å²) in [4.78, 5) is 0. The summed E-state index contributed by atoms with van der Waals surface area (Å²) in [6, 6.07) is 9.70. The molecule has 0 aromatic heterocycles. The van der Waals surface area contributed by atoms with E-state index in [4.69, 9.17) is 4.74 Å². The molecule has 3 unspecified atom stereocenters. The highest BCUT2D eigenvalue weighted by atomic mass is 16.5. The summed E-state index contributed by atoms with van der Waals surface area (Å²) in [5, 5.41) is 2.42. The lowest BCUT2D eigenvalue weighted by Gasteiger charge is -2.41. The molecule has 0 aliphatic carbocycles. The molecule has 3 nitrogen and oxygen atoms in total. The summed E-state index contributed by atoms with van der Waals surface area (Å²) in [5.41, 5.74) is 4.88. The fraction of sp³-hybridized carbons (Fsp3) is 0.625. The average molecular weight is 262 g/mol. The molecular weight excluding hydrogens is 236 g/mol. The van der Waals surface area contributed by atoms with Crippen molar-refractivity contribution in [2.45, 2.75) is 58.2 Å². The number of methoxy groups -OCH3 is 1. The van der Waals surface area contributed by atoms with Gasteiger partial charge >= 0.3 is 0 Å². The van der Waals surface area contributed by atoms with Crippen molar-refractivity contribution in [3.63, 3.8) is 0 Å². The molecule has 0 amide bonds. The van der Waals surface area contributed by atoms with E-state index in [0.717, 1.165) is 5.75 Å². The van der Waals surface area contributed by atoms with Crippen molar-refractivity contribution in [2.75, 3.05) is 7.11 Å². The number of piperidine rings is 1. The summed E-state index contributed by atoms with van der Waals surface area (Å²) < 4.78 is 5.45. The van der Waals surface area contributed by atoms with Crippen LogP contribution in [0.1, 0.15) is 51.6 Å². The Morgan fingerprint density at radius 3 is 2.47 bits per heavy atom. The summed E-state index contributed by atoms with van der Waals surface area (Å²) in [7, 11) is 1.73. The Labute approximate surface area is 116 Å². The Bertz CT molecular complexity index is 397. The lowest BCUT2D eigenvalue weighted by molar-refractivity contribution is 0.0317. The first-order chi connectivity index (χ1) is 9.13. The van der Waals surface area contributed by atoms with Crippen molar-refractivity contribution in [2.24, 2.45) is 0 Å². The van der Waals surface area contributed by atoms with Crippen LogP contribution in [-0.2, 0) is 0 Å². The standard InChI is InChI=1S/C16H26N2O/c1-12-8-7-9-13(2)18(12)17-14(3)15-10-5-6-11-16(15)19-4/h5-6,10-14,17H,7-9H2,1-4H3. The number of benzene rings is 1. The van der Waals surface area contributed by atoms with E-state index in [1.807, 2.05) is 12.1 Å². The van der Waals surface area contributed by atoms with Crippen LogP contribution in [0.25, 0.3) is 0 Å². The fourth-order valence-electron chi connectivity index (χ4n) is 2.99. The van der Waals surface area contributed by atoms with Crippen molar-refractivity contribution in [3.05, 3.63) is 29.8 Å². The van der Waals surface area contributed by atoms with Gasteiger partial charge in [0, 0.05) is 23.7 Å². The number of nitrogens with one attached hydrogen (secondary N) is 1. The molecule has 1 N–H and O–H groups in total. The van der Waals surface area contributed by atoms with Gasteiger partial charge in [-0.1, -0.05) is 24.6 Å². The predicted molar refractivity (Wildman–Crippen MR) is 79.2 cm³/mol. The molecule has 1 aromatic rings. The second-order valence-electron chi connectivity index (χ2n) is 5.63. The van der Waals surface area contributed by atoms with Gasteiger partial charge in [-0.25, -0.2) is 10.4 Å². The topological polar surface area (TPSA) is 24.5 Å². The van der Waals surface area contributed by atoms with Crippen molar-refractivity contribution < 1.29 is 4.74 Å². The lowest BCUT2D eigenvalue weighted by atomic mass is 9.99. The number of hydrazine groups is 1. The molecule has 1 saturated heterocycles. The first-order valence-corrected chi connectivity index (χ1v) is 7.31. The summed E-state index contributed by atoms with van der Waals surface area (Å²) in [6.07, 6.45) is 3.88. The van der Waals surface area contributed by atoms with Gasteiger partial charge in [-0.3, -0.25) is 0 Å². The van der Waals surface area contributed by atoms with Crippen molar-refractivity contribution in [1.82, 2.24) is 10.4 Å². The molecule has 3 atom stereocenters. The van der Waals surface area contributed by atoms with Crippen LogP contribution < -0.4 is 10.2 Å². The Hall–Kier alpha value is -1.06. The van der Waals surface area contributed by atoms with Crippen LogP contribution in [0.3, 0.4) is 0 Å². The molecule has 0 saturated carbocycles. The number of hydrogen-bond acceptors (Lipinski definition) is 3. The van der Waals surface area contributed by atoms with Crippen LogP contribution in [-0.4, -0.2) is 24.2 Å². The van der Waals surface area contributed by atoms with E-state index < -0.39 is 0 Å². The molecule has 1 aliphatic rings. The monoisotopic (exact) mass is 262 g/mol. The maximum Gasteiger partial charge on any atom is 0.123 e. The van der Waals surface area contributed by atoms with Crippen LogP contribution in [0.4, 0.5) is 0 Å². The molecule has 0 bridgehead atoms. The summed E-state index contributed by atoms with van der Waals surface area (Å²) in [5.74, 6) is 0.958. The van der Waals surface area contributed by atoms with Gasteiger partial charge in [-0.2, -0.15) is 0 Å². The van der Waals surface area contributed by atoms with Crippen LogP contribution in [0.5, 0.6) is 5.75 Å². The largest absolute Gasteiger partial charge is 0.496 e. The molecule has 1 fully saturated rings. The molecule has 3 heteroatoms. The number of para-hydroxylation sites is 1. The average Bonchev–Trinajstić information content (AvgIpc) is 2.42. The Balaban J connectivity index is 2.09. The zero-order valence-electron chi connectivity index (χ0n) is 12.5. The SMILES string of the molecule is COc1ccccc1C(C)NN1C(C)CCCC1C. The second-order valence-corrected chi connectivity index (χ2v) is 5.63. The Morgan fingerprint density at radius 1 is 1.21 bits per heavy atom. The lowest BCUT2D eigenvalue weighted by Crippen LogP contribution is -2.52. The van der Waals surface area contributed by atoms with Crippen LogP contribution in [0, 0.1) is 0 Å². The fourth-order valence-corrected chi connectivity index (χ4v) is 2.99.